The van der Waals surface area contributed by atoms with Gasteiger partial charge in [-0.3, -0.25) is 10.1 Å². The molecule has 0 saturated carbocycles. The fourth-order valence-electron chi connectivity index (χ4n) is 2.64. The molecule has 0 bridgehead atoms. The quantitative estimate of drug-likeness (QED) is 0.778. The van der Waals surface area contributed by atoms with E-state index in [1.165, 1.54) is 12.8 Å². The van der Waals surface area contributed by atoms with Crippen LogP contribution in [0.4, 0.5) is 0 Å². The Hall–Kier alpha value is -0.610. The van der Waals surface area contributed by atoms with Crippen molar-refractivity contribution in [1.29, 1.82) is 0 Å². The lowest BCUT2D eigenvalue weighted by Gasteiger charge is -2.38. The highest BCUT2D eigenvalue weighted by Crippen LogP contribution is 2.30. The third-order valence-corrected chi connectivity index (χ3v) is 4.22. The van der Waals surface area contributed by atoms with E-state index in [-0.39, 0.29) is 6.04 Å². The molecule has 1 heterocycles. The van der Waals surface area contributed by atoms with Gasteiger partial charge in [-0.05, 0) is 58.5 Å². The van der Waals surface area contributed by atoms with E-state index in [9.17, 15) is 9.90 Å². The van der Waals surface area contributed by atoms with Crippen molar-refractivity contribution in [2.24, 2.45) is 5.41 Å². The number of likely N-dealkylation sites (tertiary alicyclic amines) is 1. The lowest BCUT2D eigenvalue weighted by atomic mass is 9.82. The van der Waals surface area contributed by atoms with Crippen LogP contribution in [0.5, 0.6) is 0 Å². The molecule has 1 atom stereocenters. The van der Waals surface area contributed by atoms with Gasteiger partial charge >= 0.3 is 5.97 Å². The van der Waals surface area contributed by atoms with Crippen molar-refractivity contribution in [3.8, 4) is 0 Å². The van der Waals surface area contributed by atoms with Crippen molar-refractivity contribution in [1.82, 2.24) is 10.2 Å². The fraction of sp³-hybridized carbons (Fsp3) is 0.933. The minimum atomic E-state index is -0.818. The number of rotatable bonds is 6. The summed E-state index contributed by atoms with van der Waals surface area (Å²) in [5.74, 6) is -0.751. The van der Waals surface area contributed by atoms with E-state index >= 15 is 0 Å². The van der Waals surface area contributed by atoms with E-state index in [1.807, 2.05) is 13.8 Å². The van der Waals surface area contributed by atoms with Gasteiger partial charge in [0.25, 0.3) is 0 Å². The third-order valence-electron chi connectivity index (χ3n) is 4.22. The SMILES string of the molecule is CC(C)NC(C)(CCN1CCC(C)(C)CC1)C(=O)O. The monoisotopic (exact) mass is 270 g/mol. The van der Waals surface area contributed by atoms with Crippen LogP contribution in [0.3, 0.4) is 0 Å². The zero-order valence-corrected chi connectivity index (χ0v) is 13.1. The normalized spacial score (nSPS) is 23.3. The molecule has 0 aromatic heterocycles. The molecule has 1 aliphatic heterocycles. The molecule has 1 unspecified atom stereocenters. The van der Waals surface area contributed by atoms with Crippen molar-refractivity contribution < 1.29 is 9.90 Å². The lowest BCUT2D eigenvalue weighted by Crippen LogP contribution is -2.54. The molecular weight excluding hydrogens is 240 g/mol. The number of aliphatic carboxylic acids is 1. The highest BCUT2D eigenvalue weighted by molar-refractivity contribution is 5.78. The first-order chi connectivity index (χ1) is 8.65. The molecule has 4 nitrogen and oxygen atoms in total. The first-order valence-corrected chi connectivity index (χ1v) is 7.38. The number of nitrogens with one attached hydrogen (secondary N) is 1. The number of carbonyl (C=O) groups is 1. The van der Waals surface area contributed by atoms with Crippen molar-refractivity contribution in [3.63, 3.8) is 0 Å². The van der Waals surface area contributed by atoms with Crippen LogP contribution < -0.4 is 5.32 Å². The Balaban J connectivity index is 2.47. The van der Waals surface area contributed by atoms with Gasteiger partial charge in [0, 0.05) is 12.6 Å². The summed E-state index contributed by atoms with van der Waals surface area (Å²) in [4.78, 5) is 13.8. The van der Waals surface area contributed by atoms with Crippen LogP contribution in [0.2, 0.25) is 0 Å². The Morgan fingerprint density at radius 3 is 2.32 bits per heavy atom. The van der Waals surface area contributed by atoms with Crippen molar-refractivity contribution >= 4 is 5.97 Å². The average Bonchev–Trinajstić information content (AvgIpc) is 2.26. The van der Waals surface area contributed by atoms with Crippen molar-refractivity contribution in [3.05, 3.63) is 0 Å². The first kappa shape index (κ1) is 16.4. The summed E-state index contributed by atoms with van der Waals surface area (Å²) in [6.45, 7) is 13.4. The van der Waals surface area contributed by atoms with Crippen LogP contribution >= 0.6 is 0 Å². The Morgan fingerprint density at radius 2 is 1.89 bits per heavy atom. The van der Waals surface area contributed by atoms with Crippen LogP contribution in [0, 0.1) is 5.41 Å². The van der Waals surface area contributed by atoms with Crippen LogP contribution in [-0.2, 0) is 4.79 Å². The summed E-state index contributed by atoms with van der Waals surface area (Å²) >= 11 is 0. The topological polar surface area (TPSA) is 52.6 Å². The second kappa shape index (κ2) is 6.23. The van der Waals surface area contributed by atoms with Gasteiger partial charge in [0.15, 0.2) is 0 Å². The Labute approximate surface area is 117 Å². The molecule has 0 aromatic carbocycles. The van der Waals surface area contributed by atoms with E-state index in [0.717, 1.165) is 19.6 Å². The molecule has 2 N–H and O–H groups in total. The first-order valence-electron chi connectivity index (χ1n) is 7.38. The Morgan fingerprint density at radius 1 is 1.37 bits per heavy atom. The van der Waals surface area contributed by atoms with Gasteiger partial charge in [-0.25, -0.2) is 0 Å². The number of hydrogen-bond donors (Lipinski definition) is 2. The zero-order chi connectivity index (χ0) is 14.7. The van der Waals surface area contributed by atoms with E-state index in [1.54, 1.807) is 6.92 Å². The van der Waals surface area contributed by atoms with Gasteiger partial charge in [-0.15, -0.1) is 0 Å². The zero-order valence-electron chi connectivity index (χ0n) is 13.1. The third kappa shape index (κ3) is 5.11. The number of carboxylic acid groups (broad SMARTS) is 1. The number of nitrogens with zero attached hydrogens (tertiary/aromatic N) is 1. The minimum absolute atomic E-state index is 0.182. The van der Waals surface area contributed by atoms with Crippen molar-refractivity contribution in [2.75, 3.05) is 19.6 Å². The average molecular weight is 270 g/mol. The molecule has 1 aliphatic rings. The summed E-state index contributed by atoms with van der Waals surface area (Å²) < 4.78 is 0. The van der Waals surface area contributed by atoms with Crippen LogP contribution in [0.15, 0.2) is 0 Å². The standard InChI is InChI=1S/C15H30N2O2/c1-12(2)16-15(5,13(18)19)8-11-17-9-6-14(3,4)7-10-17/h12,16H,6-11H2,1-5H3,(H,18,19). The fourth-order valence-corrected chi connectivity index (χ4v) is 2.64. The summed E-state index contributed by atoms with van der Waals surface area (Å²) in [6.07, 6.45) is 3.06. The van der Waals surface area contributed by atoms with Gasteiger partial charge in [-0.2, -0.15) is 0 Å². The summed E-state index contributed by atoms with van der Waals surface area (Å²) in [7, 11) is 0. The molecule has 0 radical (unpaired) electrons. The summed E-state index contributed by atoms with van der Waals surface area (Å²) in [5, 5.41) is 12.6. The second-order valence-corrected chi connectivity index (χ2v) is 7.19. The molecule has 4 heteroatoms. The minimum Gasteiger partial charge on any atom is -0.480 e. The molecule has 1 saturated heterocycles. The van der Waals surface area contributed by atoms with Gasteiger partial charge in [0.1, 0.15) is 5.54 Å². The predicted octanol–water partition coefficient (Wildman–Crippen LogP) is 2.34. The molecule has 0 spiro atoms. The molecule has 1 rings (SSSR count). The number of carboxylic acids is 1. The summed E-state index contributed by atoms with van der Waals surface area (Å²) in [5.41, 5.74) is -0.371. The largest absolute Gasteiger partial charge is 0.480 e. The van der Waals surface area contributed by atoms with Crippen molar-refractivity contribution in [2.45, 2.75) is 65.5 Å². The highest BCUT2D eigenvalue weighted by atomic mass is 16.4. The van der Waals surface area contributed by atoms with E-state index in [4.69, 9.17) is 0 Å². The summed E-state index contributed by atoms with van der Waals surface area (Å²) in [6, 6.07) is 0.182. The Kier molecular flexibility index (Phi) is 5.39. The van der Waals surface area contributed by atoms with Crippen LogP contribution in [0.1, 0.15) is 53.9 Å². The molecule has 112 valence electrons. The maximum absolute atomic E-state index is 11.5. The Bertz CT molecular complexity index is 305. The molecule has 19 heavy (non-hydrogen) atoms. The molecule has 0 amide bonds. The van der Waals surface area contributed by atoms with Gasteiger partial charge in [0.2, 0.25) is 0 Å². The molecule has 0 aromatic rings. The molecular formula is C15H30N2O2. The van der Waals surface area contributed by atoms with Crippen LogP contribution in [-0.4, -0.2) is 47.2 Å². The smallest absolute Gasteiger partial charge is 0.323 e. The lowest BCUT2D eigenvalue weighted by molar-refractivity contribution is -0.145. The van der Waals surface area contributed by atoms with Gasteiger partial charge < -0.3 is 10.0 Å². The van der Waals surface area contributed by atoms with Gasteiger partial charge in [-0.1, -0.05) is 13.8 Å². The van der Waals surface area contributed by atoms with Crippen LogP contribution in [0.25, 0.3) is 0 Å². The maximum atomic E-state index is 11.5. The highest BCUT2D eigenvalue weighted by Gasteiger charge is 2.34. The van der Waals surface area contributed by atoms with E-state index in [2.05, 4.69) is 24.1 Å². The molecule has 1 fully saturated rings. The number of hydrogen-bond acceptors (Lipinski definition) is 3. The molecule has 0 aliphatic carbocycles. The number of piperidine rings is 1. The van der Waals surface area contributed by atoms with E-state index in [0.29, 0.717) is 11.8 Å². The van der Waals surface area contributed by atoms with E-state index < -0.39 is 11.5 Å². The second-order valence-electron chi connectivity index (χ2n) is 7.19. The maximum Gasteiger partial charge on any atom is 0.323 e. The van der Waals surface area contributed by atoms with Gasteiger partial charge in [0.05, 0.1) is 0 Å². The predicted molar refractivity (Wildman–Crippen MR) is 78.4 cm³/mol.